The number of nitrogens with one attached hydrogen (secondary N) is 1. The molecule has 1 amide bonds. The monoisotopic (exact) mass is 392 g/mol. The van der Waals surface area contributed by atoms with E-state index in [2.05, 4.69) is 5.32 Å². The molecule has 0 spiro atoms. The average molecular weight is 392 g/mol. The van der Waals surface area contributed by atoms with Crippen LogP contribution < -0.4 is 14.8 Å². The highest BCUT2D eigenvalue weighted by Crippen LogP contribution is 2.23. The zero-order valence-corrected chi connectivity index (χ0v) is 17.2. The fraction of sp³-hybridized carbons (Fsp3) is 0.619. The van der Waals surface area contributed by atoms with Gasteiger partial charge in [-0.1, -0.05) is 25.7 Å². The van der Waals surface area contributed by atoms with Crippen molar-refractivity contribution in [1.29, 1.82) is 0 Å². The standard InChI is InChI=1S/C21H32N2O5/c1-26-18-10-16(11-19(12-18)27-2)13-23(15-21(25)28-3)14-20(24)22-17-8-6-4-5-7-9-17/h10-12,17H,4-9,13-15H2,1-3H3,(H,22,24). The minimum absolute atomic E-state index is 0.0358. The minimum Gasteiger partial charge on any atom is -0.497 e. The Labute approximate surface area is 167 Å². The molecular weight excluding hydrogens is 360 g/mol. The minimum atomic E-state index is -0.378. The van der Waals surface area contributed by atoms with Gasteiger partial charge in [-0.15, -0.1) is 0 Å². The number of hydrogen-bond donors (Lipinski definition) is 1. The number of nitrogens with zero attached hydrogens (tertiary/aromatic N) is 1. The molecule has 2 rings (SSSR count). The molecule has 1 aliphatic carbocycles. The Kier molecular flexibility index (Phi) is 9.07. The van der Waals surface area contributed by atoms with Crippen LogP contribution in [0.4, 0.5) is 0 Å². The maximum Gasteiger partial charge on any atom is 0.319 e. The lowest BCUT2D eigenvalue weighted by molar-refractivity contribution is -0.142. The third kappa shape index (κ3) is 7.38. The maximum absolute atomic E-state index is 12.6. The first kappa shape index (κ1) is 22.0. The van der Waals surface area contributed by atoms with E-state index in [1.165, 1.54) is 20.0 Å². The lowest BCUT2D eigenvalue weighted by atomic mass is 10.1. The molecule has 0 saturated heterocycles. The van der Waals surface area contributed by atoms with Gasteiger partial charge in [-0.3, -0.25) is 14.5 Å². The van der Waals surface area contributed by atoms with Gasteiger partial charge in [-0.05, 0) is 30.5 Å². The number of carbonyl (C=O) groups is 2. The maximum atomic E-state index is 12.6. The molecule has 0 radical (unpaired) electrons. The number of ether oxygens (including phenoxy) is 3. The quantitative estimate of drug-likeness (QED) is 0.514. The van der Waals surface area contributed by atoms with Crippen LogP contribution in [0.3, 0.4) is 0 Å². The molecule has 156 valence electrons. The van der Waals surface area contributed by atoms with Crippen LogP contribution in [0.1, 0.15) is 44.1 Å². The van der Waals surface area contributed by atoms with E-state index in [4.69, 9.17) is 14.2 Å². The van der Waals surface area contributed by atoms with Crippen molar-refractivity contribution in [2.45, 2.75) is 51.1 Å². The highest BCUT2D eigenvalue weighted by atomic mass is 16.5. The zero-order chi connectivity index (χ0) is 20.4. The summed E-state index contributed by atoms with van der Waals surface area (Å²) in [6, 6.07) is 5.76. The zero-order valence-electron chi connectivity index (χ0n) is 17.2. The molecule has 1 N–H and O–H groups in total. The molecule has 1 aliphatic rings. The molecule has 0 bridgehead atoms. The van der Waals surface area contributed by atoms with Crippen LogP contribution in [0.15, 0.2) is 18.2 Å². The summed E-state index contributed by atoms with van der Waals surface area (Å²) in [5.74, 6) is 0.883. The second-order valence-electron chi connectivity index (χ2n) is 7.20. The van der Waals surface area contributed by atoms with Crippen LogP contribution in [0.5, 0.6) is 11.5 Å². The van der Waals surface area contributed by atoms with Gasteiger partial charge < -0.3 is 19.5 Å². The van der Waals surface area contributed by atoms with Gasteiger partial charge >= 0.3 is 5.97 Å². The van der Waals surface area contributed by atoms with Crippen molar-refractivity contribution in [3.8, 4) is 11.5 Å². The number of carbonyl (C=O) groups excluding carboxylic acids is 2. The Hall–Kier alpha value is -2.28. The smallest absolute Gasteiger partial charge is 0.319 e. The second-order valence-corrected chi connectivity index (χ2v) is 7.20. The highest BCUT2D eigenvalue weighted by molar-refractivity contribution is 5.79. The Bertz CT molecular complexity index is 619. The number of benzene rings is 1. The van der Waals surface area contributed by atoms with Crippen molar-refractivity contribution in [1.82, 2.24) is 10.2 Å². The Morgan fingerprint density at radius 1 is 0.964 bits per heavy atom. The van der Waals surface area contributed by atoms with Crippen molar-refractivity contribution in [3.63, 3.8) is 0 Å². The highest BCUT2D eigenvalue weighted by Gasteiger charge is 2.19. The Morgan fingerprint density at radius 3 is 2.11 bits per heavy atom. The molecule has 0 unspecified atom stereocenters. The van der Waals surface area contributed by atoms with E-state index in [1.54, 1.807) is 25.2 Å². The summed E-state index contributed by atoms with van der Waals surface area (Å²) in [5, 5.41) is 3.13. The first-order valence-electron chi connectivity index (χ1n) is 9.84. The topological polar surface area (TPSA) is 77.1 Å². The van der Waals surface area contributed by atoms with E-state index in [0.29, 0.717) is 18.0 Å². The normalized spacial score (nSPS) is 15.0. The lowest BCUT2D eigenvalue weighted by Crippen LogP contribution is -2.43. The predicted molar refractivity (Wildman–Crippen MR) is 106 cm³/mol. The summed E-state index contributed by atoms with van der Waals surface area (Å²) >= 11 is 0. The number of esters is 1. The molecule has 7 nitrogen and oxygen atoms in total. The van der Waals surface area contributed by atoms with E-state index >= 15 is 0 Å². The molecule has 0 aromatic heterocycles. The van der Waals surface area contributed by atoms with E-state index in [1.807, 2.05) is 12.1 Å². The molecule has 7 heteroatoms. The van der Waals surface area contributed by atoms with E-state index in [0.717, 1.165) is 31.2 Å². The van der Waals surface area contributed by atoms with Gasteiger partial charge in [0.05, 0.1) is 34.4 Å². The number of methoxy groups -OCH3 is 3. The van der Waals surface area contributed by atoms with Crippen molar-refractivity contribution in [2.75, 3.05) is 34.4 Å². The molecule has 1 aromatic rings. The van der Waals surface area contributed by atoms with Crippen molar-refractivity contribution in [3.05, 3.63) is 23.8 Å². The Balaban J connectivity index is 2.04. The molecule has 1 saturated carbocycles. The van der Waals surface area contributed by atoms with Gasteiger partial charge in [0.25, 0.3) is 0 Å². The van der Waals surface area contributed by atoms with Crippen molar-refractivity contribution in [2.24, 2.45) is 0 Å². The summed E-state index contributed by atoms with van der Waals surface area (Å²) in [6.07, 6.45) is 6.82. The SMILES string of the molecule is COC(=O)CN(CC(=O)NC1CCCCCC1)Cc1cc(OC)cc(OC)c1. The van der Waals surface area contributed by atoms with Gasteiger partial charge in [0.15, 0.2) is 0 Å². The van der Waals surface area contributed by atoms with Crippen molar-refractivity contribution >= 4 is 11.9 Å². The summed E-state index contributed by atoms with van der Waals surface area (Å²) < 4.78 is 15.4. The summed E-state index contributed by atoms with van der Waals surface area (Å²) in [7, 11) is 4.52. The van der Waals surface area contributed by atoms with Crippen LogP contribution in [-0.2, 0) is 20.9 Å². The first-order valence-corrected chi connectivity index (χ1v) is 9.84. The number of rotatable bonds is 9. The Morgan fingerprint density at radius 2 is 1.57 bits per heavy atom. The third-order valence-electron chi connectivity index (χ3n) is 4.99. The van der Waals surface area contributed by atoms with Gasteiger partial charge in [-0.25, -0.2) is 0 Å². The van der Waals surface area contributed by atoms with E-state index in [-0.39, 0.29) is 31.0 Å². The molecule has 0 aliphatic heterocycles. The summed E-state index contributed by atoms with van der Waals surface area (Å²) in [4.78, 5) is 26.2. The van der Waals surface area contributed by atoms with Crippen LogP contribution in [0, 0.1) is 0 Å². The largest absolute Gasteiger partial charge is 0.497 e. The van der Waals surface area contributed by atoms with Gasteiger partial charge in [0, 0.05) is 18.7 Å². The van der Waals surface area contributed by atoms with Crippen LogP contribution in [0.25, 0.3) is 0 Å². The van der Waals surface area contributed by atoms with E-state index < -0.39 is 0 Å². The molecule has 1 fully saturated rings. The average Bonchev–Trinajstić information content (AvgIpc) is 2.95. The number of amides is 1. The molecule has 28 heavy (non-hydrogen) atoms. The summed E-state index contributed by atoms with van der Waals surface area (Å²) in [6.45, 7) is 0.569. The van der Waals surface area contributed by atoms with Crippen LogP contribution in [-0.4, -0.2) is 57.2 Å². The van der Waals surface area contributed by atoms with Crippen molar-refractivity contribution < 1.29 is 23.8 Å². The van der Waals surface area contributed by atoms with Crippen LogP contribution in [0.2, 0.25) is 0 Å². The molecule has 1 aromatic carbocycles. The first-order chi connectivity index (χ1) is 13.5. The van der Waals surface area contributed by atoms with Crippen LogP contribution >= 0.6 is 0 Å². The molecular formula is C21H32N2O5. The predicted octanol–water partition coefficient (Wildman–Crippen LogP) is 2.52. The summed E-state index contributed by atoms with van der Waals surface area (Å²) in [5.41, 5.74) is 0.891. The second kappa shape index (κ2) is 11.5. The van der Waals surface area contributed by atoms with Gasteiger partial charge in [0.2, 0.25) is 5.91 Å². The molecule has 0 atom stereocenters. The fourth-order valence-electron chi connectivity index (χ4n) is 3.53. The molecule has 0 heterocycles. The van der Waals surface area contributed by atoms with E-state index in [9.17, 15) is 9.59 Å². The third-order valence-corrected chi connectivity index (χ3v) is 4.99. The fourth-order valence-corrected chi connectivity index (χ4v) is 3.53. The number of hydrogen-bond acceptors (Lipinski definition) is 6. The lowest BCUT2D eigenvalue weighted by Gasteiger charge is -2.23. The van der Waals surface area contributed by atoms with Gasteiger partial charge in [-0.2, -0.15) is 0 Å². The van der Waals surface area contributed by atoms with Gasteiger partial charge in [0.1, 0.15) is 11.5 Å².